The minimum atomic E-state index is -4.18. The van der Waals surface area contributed by atoms with Gasteiger partial charge in [-0.3, -0.25) is 9.89 Å². The van der Waals surface area contributed by atoms with Crippen molar-refractivity contribution < 1.29 is 13.2 Å². The smallest absolute Gasteiger partial charge is 0.361 e. The molecule has 27 heavy (non-hydrogen) atoms. The van der Waals surface area contributed by atoms with E-state index >= 15 is 0 Å². The first kappa shape index (κ1) is 21.1. The lowest BCUT2D eigenvalue weighted by Crippen LogP contribution is -2.39. The molecule has 1 aromatic carbocycles. The average molecular weight is 383 g/mol. The highest BCUT2D eigenvalue weighted by Gasteiger charge is 2.28. The quantitative estimate of drug-likeness (QED) is 0.485. The zero-order chi connectivity index (χ0) is 19.9. The fourth-order valence-corrected chi connectivity index (χ4v) is 3.02. The molecule has 0 amide bonds. The van der Waals surface area contributed by atoms with Gasteiger partial charge in [0.1, 0.15) is 0 Å². The molecule has 5 nitrogen and oxygen atoms in total. The maximum atomic E-state index is 12.3. The minimum Gasteiger partial charge on any atom is -0.361 e. The average Bonchev–Trinajstić information content (AvgIpc) is 2.98. The zero-order valence-electron chi connectivity index (χ0n) is 16.1. The Morgan fingerprint density at radius 1 is 1.26 bits per heavy atom. The zero-order valence-corrected chi connectivity index (χ0v) is 16.1. The second-order valence-electron chi connectivity index (χ2n) is 6.60. The number of guanidine groups is 1. The molecule has 0 aliphatic carbocycles. The lowest BCUT2D eigenvalue weighted by molar-refractivity contribution is -0.142. The predicted octanol–water partition coefficient (Wildman–Crippen LogP) is 3.07. The number of nitrogens with one attached hydrogen (secondary N) is 3. The van der Waals surface area contributed by atoms with E-state index in [9.17, 15) is 13.2 Å². The number of alkyl halides is 3. The van der Waals surface area contributed by atoms with Crippen molar-refractivity contribution in [1.29, 1.82) is 0 Å². The molecule has 0 unspecified atom stereocenters. The lowest BCUT2D eigenvalue weighted by atomic mass is 10.1. The van der Waals surface area contributed by atoms with Crippen molar-refractivity contribution in [3.8, 4) is 0 Å². The number of aromatic nitrogens is 1. The summed E-state index contributed by atoms with van der Waals surface area (Å²) < 4.78 is 37.0. The number of hydrogen-bond acceptors (Lipinski definition) is 2. The number of nitrogens with zero attached hydrogens (tertiary/aromatic N) is 2. The standard InChI is InChI=1S/C19H28F3N5/c1-4-23-18(25-10-11-27(3)13-19(20,21)22)24-9-8-15-12-26-16-7-5-6-14(2)17(15)16/h5-7,12,26H,4,8-11,13H2,1-3H3,(H2,23,24,25). The summed E-state index contributed by atoms with van der Waals surface area (Å²) in [5, 5.41) is 7.62. The number of aryl methyl sites for hydroxylation is 1. The molecule has 0 radical (unpaired) electrons. The van der Waals surface area contributed by atoms with Crippen LogP contribution in [-0.4, -0.2) is 61.8 Å². The van der Waals surface area contributed by atoms with Gasteiger partial charge in [0.05, 0.1) is 13.1 Å². The van der Waals surface area contributed by atoms with E-state index in [4.69, 9.17) is 0 Å². The van der Waals surface area contributed by atoms with Gasteiger partial charge in [-0.05, 0) is 44.5 Å². The summed E-state index contributed by atoms with van der Waals surface area (Å²) >= 11 is 0. The number of H-pyrrole nitrogens is 1. The van der Waals surface area contributed by atoms with Crippen LogP contribution in [-0.2, 0) is 6.42 Å². The number of hydrogen-bond donors (Lipinski definition) is 3. The molecular formula is C19H28F3N5. The molecule has 0 aliphatic heterocycles. The molecule has 1 heterocycles. The van der Waals surface area contributed by atoms with Crippen LogP contribution < -0.4 is 10.6 Å². The number of likely N-dealkylation sites (N-methyl/N-ethyl adjacent to an activating group) is 1. The molecule has 0 atom stereocenters. The Hall–Kier alpha value is -2.22. The first-order valence-corrected chi connectivity index (χ1v) is 9.13. The van der Waals surface area contributed by atoms with Crippen LogP contribution in [0.1, 0.15) is 18.1 Å². The van der Waals surface area contributed by atoms with Gasteiger partial charge in [-0.2, -0.15) is 13.2 Å². The van der Waals surface area contributed by atoms with E-state index < -0.39 is 12.7 Å². The molecule has 2 rings (SSSR count). The first-order chi connectivity index (χ1) is 12.8. The normalized spacial score (nSPS) is 12.8. The van der Waals surface area contributed by atoms with Crippen molar-refractivity contribution in [3.05, 3.63) is 35.5 Å². The number of aromatic amines is 1. The Labute approximate surface area is 158 Å². The Morgan fingerprint density at radius 3 is 2.74 bits per heavy atom. The van der Waals surface area contributed by atoms with Gasteiger partial charge in [-0.1, -0.05) is 12.1 Å². The molecule has 2 aromatic rings. The Bertz CT molecular complexity index is 751. The van der Waals surface area contributed by atoms with E-state index in [-0.39, 0.29) is 6.54 Å². The van der Waals surface area contributed by atoms with Crippen LogP contribution in [0.25, 0.3) is 10.9 Å². The second kappa shape index (κ2) is 9.64. The molecule has 1 aromatic heterocycles. The summed E-state index contributed by atoms with van der Waals surface area (Å²) in [5.74, 6) is 0.620. The molecule has 3 N–H and O–H groups in total. The third-order valence-electron chi connectivity index (χ3n) is 4.23. The SMILES string of the molecule is CCNC(=NCCN(C)CC(F)(F)F)NCCc1c[nH]c2cccc(C)c12. The van der Waals surface area contributed by atoms with Gasteiger partial charge < -0.3 is 15.6 Å². The van der Waals surface area contributed by atoms with Crippen LogP contribution in [0.5, 0.6) is 0 Å². The molecule has 0 saturated heterocycles. The largest absolute Gasteiger partial charge is 0.401 e. The topological polar surface area (TPSA) is 55.5 Å². The molecule has 150 valence electrons. The van der Waals surface area contributed by atoms with E-state index in [1.54, 1.807) is 0 Å². The summed E-state index contributed by atoms with van der Waals surface area (Å²) in [4.78, 5) is 8.87. The fourth-order valence-electron chi connectivity index (χ4n) is 3.02. The third kappa shape index (κ3) is 6.78. The predicted molar refractivity (Wildman–Crippen MR) is 104 cm³/mol. The maximum absolute atomic E-state index is 12.3. The molecular weight excluding hydrogens is 355 g/mol. The summed E-state index contributed by atoms with van der Waals surface area (Å²) in [5.41, 5.74) is 3.59. The van der Waals surface area contributed by atoms with Crippen LogP contribution in [0.3, 0.4) is 0 Å². The van der Waals surface area contributed by atoms with Crippen LogP contribution in [0.2, 0.25) is 0 Å². The first-order valence-electron chi connectivity index (χ1n) is 9.13. The van der Waals surface area contributed by atoms with Crippen molar-refractivity contribution in [3.63, 3.8) is 0 Å². The van der Waals surface area contributed by atoms with Gasteiger partial charge in [-0.25, -0.2) is 0 Å². The summed E-state index contributed by atoms with van der Waals surface area (Å²) in [6.45, 7) is 5.05. The van der Waals surface area contributed by atoms with E-state index in [1.807, 2.05) is 19.2 Å². The van der Waals surface area contributed by atoms with Crippen LogP contribution in [0.4, 0.5) is 13.2 Å². The van der Waals surface area contributed by atoms with Crippen molar-refractivity contribution in [2.45, 2.75) is 26.4 Å². The van der Waals surface area contributed by atoms with E-state index in [1.165, 1.54) is 28.5 Å². The van der Waals surface area contributed by atoms with Crippen molar-refractivity contribution in [1.82, 2.24) is 20.5 Å². The van der Waals surface area contributed by atoms with Crippen LogP contribution >= 0.6 is 0 Å². The van der Waals surface area contributed by atoms with Gasteiger partial charge in [0, 0.05) is 36.7 Å². The number of halogens is 3. The monoisotopic (exact) mass is 383 g/mol. The van der Waals surface area contributed by atoms with Crippen molar-refractivity contribution in [2.24, 2.45) is 4.99 Å². The molecule has 0 bridgehead atoms. The van der Waals surface area contributed by atoms with Crippen LogP contribution in [0.15, 0.2) is 29.4 Å². The fraction of sp³-hybridized carbons (Fsp3) is 0.526. The summed E-state index contributed by atoms with van der Waals surface area (Å²) in [6.07, 6.45) is -1.34. The lowest BCUT2D eigenvalue weighted by Gasteiger charge is -2.17. The molecule has 0 fully saturated rings. The number of rotatable bonds is 8. The Balaban J connectivity index is 1.86. The highest BCUT2D eigenvalue weighted by Crippen LogP contribution is 2.22. The van der Waals surface area contributed by atoms with Crippen molar-refractivity contribution in [2.75, 3.05) is 39.8 Å². The minimum absolute atomic E-state index is 0.248. The van der Waals surface area contributed by atoms with Gasteiger partial charge in [0.2, 0.25) is 0 Å². The number of aliphatic imine (C=N–C) groups is 1. The second-order valence-corrected chi connectivity index (χ2v) is 6.60. The van der Waals surface area contributed by atoms with Gasteiger partial charge in [0.15, 0.2) is 5.96 Å². The Morgan fingerprint density at radius 2 is 2.04 bits per heavy atom. The molecule has 0 saturated carbocycles. The number of fused-ring (bicyclic) bond motifs is 1. The molecule has 0 aliphatic rings. The van der Waals surface area contributed by atoms with Crippen molar-refractivity contribution >= 4 is 16.9 Å². The molecule has 8 heteroatoms. The third-order valence-corrected chi connectivity index (χ3v) is 4.23. The maximum Gasteiger partial charge on any atom is 0.401 e. The molecule has 0 spiro atoms. The van der Waals surface area contributed by atoms with E-state index in [0.717, 1.165) is 11.9 Å². The summed E-state index contributed by atoms with van der Waals surface area (Å²) in [7, 11) is 1.45. The number of benzene rings is 1. The highest BCUT2D eigenvalue weighted by molar-refractivity contribution is 5.86. The van der Waals surface area contributed by atoms with Crippen LogP contribution in [0, 0.1) is 6.92 Å². The van der Waals surface area contributed by atoms with E-state index in [2.05, 4.69) is 39.7 Å². The van der Waals surface area contributed by atoms with Gasteiger partial charge in [-0.15, -0.1) is 0 Å². The highest BCUT2D eigenvalue weighted by atomic mass is 19.4. The Kier molecular flexibility index (Phi) is 7.53. The van der Waals surface area contributed by atoms with Gasteiger partial charge >= 0.3 is 6.18 Å². The van der Waals surface area contributed by atoms with Gasteiger partial charge in [0.25, 0.3) is 0 Å². The van der Waals surface area contributed by atoms with E-state index in [0.29, 0.717) is 25.6 Å². The summed E-state index contributed by atoms with van der Waals surface area (Å²) in [6, 6.07) is 6.18.